The largest absolute Gasteiger partial charge is 0.497 e. The zero-order valence-electron chi connectivity index (χ0n) is 19.7. The van der Waals surface area contributed by atoms with Crippen molar-refractivity contribution in [2.24, 2.45) is 7.05 Å². The van der Waals surface area contributed by atoms with Gasteiger partial charge < -0.3 is 9.30 Å². The van der Waals surface area contributed by atoms with E-state index < -0.39 is 0 Å². The van der Waals surface area contributed by atoms with Gasteiger partial charge in [-0.1, -0.05) is 24.8 Å². The third kappa shape index (κ3) is 4.13. The molecule has 0 fully saturated rings. The topological polar surface area (TPSA) is 66.1 Å². The Morgan fingerprint density at radius 3 is 2.61 bits per heavy atom. The second-order valence-electron chi connectivity index (χ2n) is 7.98. The molecule has 0 N–H and O–H groups in total. The van der Waals surface area contributed by atoms with Crippen LogP contribution in [0.25, 0.3) is 15.9 Å². The Morgan fingerprint density at radius 1 is 1.21 bits per heavy atom. The van der Waals surface area contributed by atoms with Crippen molar-refractivity contribution in [3.05, 3.63) is 68.1 Å². The Bertz CT molecular complexity index is 1430. The summed E-state index contributed by atoms with van der Waals surface area (Å²) < 4.78 is 8.99. The van der Waals surface area contributed by atoms with E-state index in [1.807, 2.05) is 62.7 Å². The smallest absolute Gasteiger partial charge is 0.267 e. The average molecular weight is 482 g/mol. The number of aryl methyl sites for hydroxylation is 3. The summed E-state index contributed by atoms with van der Waals surface area (Å²) in [4.78, 5) is 33.5. The molecule has 0 amide bonds. The van der Waals surface area contributed by atoms with Gasteiger partial charge in [0.2, 0.25) is 0 Å². The molecule has 0 spiro atoms. The number of nitrogens with zero attached hydrogens (tertiary/aromatic N) is 3. The zero-order chi connectivity index (χ0) is 23.9. The molecule has 3 aromatic heterocycles. The normalized spacial score (nSPS) is 11.3. The predicted octanol–water partition coefficient (Wildman–Crippen LogP) is 5.26. The van der Waals surface area contributed by atoms with Gasteiger partial charge in [-0.3, -0.25) is 14.2 Å². The van der Waals surface area contributed by atoms with Gasteiger partial charge in [0.1, 0.15) is 10.6 Å². The molecule has 3 heterocycles. The summed E-state index contributed by atoms with van der Waals surface area (Å²) in [5.41, 5.74) is 4.21. The van der Waals surface area contributed by atoms with Gasteiger partial charge in [0.15, 0.2) is 10.9 Å². The molecular formula is C25H27N3O3S2. The van der Waals surface area contributed by atoms with E-state index >= 15 is 0 Å². The zero-order valence-corrected chi connectivity index (χ0v) is 21.3. The first-order valence-electron chi connectivity index (χ1n) is 10.7. The van der Waals surface area contributed by atoms with Gasteiger partial charge >= 0.3 is 0 Å². The molecule has 33 heavy (non-hydrogen) atoms. The van der Waals surface area contributed by atoms with Crippen LogP contribution in [0.5, 0.6) is 5.75 Å². The molecule has 0 aliphatic rings. The first-order valence-corrected chi connectivity index (χ1v) is 12.5. The molecule has 1 aromatic carbocycles. The number of carbonyl (C=O) groups is 1. The monoisotopic (exact) mass is 481 g/mol. The number of carbonyl (C=O) groups excluding carboxylic acids is 1. The number of methoxy groups -OCH3 is 1. The van der Waals surface area contributed by atoms with Crippen molar-refractivity contribution in [2.75, 3.05) is 12.9 Å². The van der Waals surface area contributed by atoms with Gasteiger partial charge in [-0.2, -0.15) is 0 Å². The Balaban J connectivity index is 1.82. The lowest BCUT2D eigenvalue weighted by Gasteiger charge is -2.13. The van der Waals surface area contributed by atoms with Crippen molar-refractivity contribution in [2.45, 2.75) is 39.3 Å². The average Bonchev–Trinajstić information content (AvgIpc) is 3.28. The minimum atomic E-state index is -0.122. The van der Waals surface area contributed by atoms with Crippen LogP contribution in [0.1, 0.15) is 39.1 Å². The van der Waals surface area contributed by atoms with Crippen LogP contribution in [0, 0.1) is 20.8 Å². The fraction of sp³-hybridized carbons (Fsp3) is 0.320. The molecule has 0 aliphatic heterocycles. The van der Waals surface area contributed by atoms with E-state index in [9.17, 15) is 9.59 Å². The first-order chi connectivity index (χ1) is 15.8. The highest BCUT2D eigenvalue weighted by atomic mass is 32.2. The second-order valence-corrected chi connectivity index (χ2v) is 10.0. The van der Waals surface area contributed by atoms with Crippen LogP contribution in [0.15, 0.2) is 40.3 Å². The fourth-order valence-electron chi connectivity index (χ4n) is 3.97. The highest BCUT2D eigenvalue weighted by Crippen LogP contribution is 2.31. The summed E-state index contributed by atoms with van der Waals surface area (Å²) in [7, 11) is 3.55. The lowest BCUT2D eigenvalue weighted by atomic mass is 10.2. The number of Topliss-reactive ketones (excluding diaryl/α,β-unsaturated/α-hetero) is 1. The van der Waals surface area contributed by atoms with Gasteiger partial charge in [0.25, 0.3) is 5.56 Å². The minimum Gasteiger partial charge on any atom is -0.497 e. The van der Waals surface area contributed by atoms with Crippen molar-refractivity contribution in [1.82, 2.24) is 14.1 Å². The molecule has 0 atom stereocenters. The highest BCUT2D eigenvalue weighted by Gasteiger charge is 2.21. The van der Waals surface area contributed by atoms with Crippen LogP contribution in [0.2, 0.25) is 0 Å². The summed E-state index contributed by atoms with van der Waals surface area (Å²) in [5, 5.41) is 1.15. The third-order valence-electron chi connectivity index (χ3n) is 6.07. The number of hydrogen-bond donors (Lipinski definition) is 0. The standard InChI is InChI=1S/C25H27N3O3S2/c1-7-21-15(3)22-23(33-21)26-25(28(24(22)30)17-9-8-10-18(12-17)31-6)32-13-20(29)19-11-14(2)27(5)16(19)4/h8-12H,7,13H2,1-6H3. The molecule has 0 saturated carbocycles. The first kappa shape index (κ1) is 23.3. The van der Waals surface area contributed by atoms with Crippen molar-refractivity contribution in [3.8, 4) is 11.4 Å². The molecule has 4 rings (SSSR count). The summed E-state index contributed by atoms with van der Waals surface area (Å²) in [5.74, 6) is 0.861. The lowest BCUT2D eigenvalue weighted by molar-refractivity contribution is 0.102. The van der Waals surface area contributed by atoms with Crippen LogP contribution in [0.3, 0.4) is 0 Å². The number of ether oxygens (including phenoxy) is 1. The number of rotatable bonds is 7. The molecule has 0 bridgehead atoms. The molecule has 4 aromatic rings. The molecule has 0 saturated heterocycles. The van der Waals surface area contributed by atoms with Gasteiger partial charge in [0, 0.05) is 34.9 Å². The molecule has 0 aliphatic carbocycles. The predicted molar refractivity (Wildman–Crippen MR) is 136 cm³/mol. The lowest BCUT2D eigenvalue weighted by Crippen LogP contribution is -2.22. The Hall–Kier alpha value is -2.84. The van der Waals surface area contributed by atoms with E-state index in [0.717, 1.165) is 33.1 Å². The summed E-state index contributed by atoms with van der Waals surface area (Å²) in [6.07, 6.45) is 0.846. The number of thiophene rings is 1. The minimum absolute atomic E-state index is 0.0179. The van der Waals surface area contributed by atoms with E-state index in [0.29, 0.717) is 27.5 Å². The number of aromatic nitrogens is 3. The number of benzene rings is 1. The Labute approximate surface area is 201 Å². The number of hydrogen-bond acceptors (Lipinski definition) is 6. The van der Waals surface area contributed by atoms with Crippen molar-refractivity contribution < 1.29 is 9.53 Å². The van der Waals surface area contributed by atoms with Crippen LogP contribution in [0.4, 0.5) is 0 Å². The van der Waals surface area contributed by atoms with Gasteiger partial charge in [-0.25, -0.2) is 4.98 Å². The number of ketones is 1. The van der Waals surface area contributed by atoms with Crippen LogP contribution >= 0.6 is 23.1 Å². The van der Waals surface area contributed by atoms with E-state index in [1.54, 1.807) is 23.0 Å². The molecular weight excluding hydrogens is 454 g/mol. The van der Waals surface area contributed by atoms with Gasteiger partial charge in [0.05, 0.1) is 23.9 Å². The van der Waals surface area contributed by atoms with Crippen LogP contribution < -0.4 is 10.3 Å². The van der Waals surface area contributed by atoms with E-state index in [4.69, 9.17) is 9.72 Å². The Morgan fingerprint density at radius 2 is 1.97 bits per heavy atom. The van der Waals surface area contributed by atoms with Crippen molar-refractivity contribution in [1.29, 1.82) is 0 Å². The molecule has 8 heteroatoms. The molecule has 172 valence electrons. The second kappa shape index (κ2) is 9.19. The van der Waals surface area contributed by atoms with E-state index in [1.165, 1.54) is 11.8 Å². The quantitative estimate of drug-likeness (QED) is 0.205. The number of fused-ring (bicyclic) bond motifs is 1. The van der Waals surface area contributed by atoms with E-state index in [2.05, 4.69) is 6.92 Å². The maximum atomic E-state index is 13.7. The molecule has 6 nitrogen and oxygen atoms in total. The van der Waals surface area contributed by atoms with Gasteiger partial charge in [-0.05, 0) is 51.0 Å². The molecule has 0 unspecified atom stereocenters. The summed E-state index contributed by atoms with van der Waals surface area (Å²) >= 11 is 2.84. The summed E-state index contributed by atoms with van der Waals surface area (Å²) in [6.45, 7) is 7.99. The van der Waals surface area contributed by atoms with Crippen molar-refractivity contribution in [3.63, 3.8) is 0 Å². The Kier molecular flexibility index (Phi) is 6.50. The molecule has 0 radical (unpaired) electrons. The maximum Gasteiger partial charge on any atom is 0.267 e. The highest BCUT2D eigenvalue weighted by molar-refractivity contribution is 7.99. The maximum absolute atomic E-state index is 13.7. The number of thioether (sulfide) groups is 1. The van der Waals surface area contributed by atoms with E-state index in [-0.39, 0.29) is 17.1 Å². The van der Waals surface area contributed by atoms with Crippen LogP contribution in [-0.2, 0) is 13.5 Å². The van der Waals surface area contributed by atoms with Crippen molar-refractivity contribution >= 4 is 39.1 Å². The van der Waals surface area contributed by atoms with Crippen LogP contribution in [-0.4, -0.2) is 32.8 Å². The SMILES string of the molecule is CCc1sc2nc(SCC(=O)c3cc(C)n(C)c3C)n(-c3cccc(OC)c3)c(=O)c2c1C. The fourth-order valence-corrected chi connectivity index (χ4v) is 6.02. The summed E-state index contributed by atoms with van der Waals surface area (Å²) in [6, 6.07) is 9.27. The third-order valence-corrected chi connectivity index (χ3v) is 8.34. The van der Waals surface area contributed by atoms with Gasteiger partial charge in [-0.15, -0.1) is 11.3 Å².